The molecule has 0 bridgehead atoms. The van der Waals surface area contributed by atoms with Crippen molar-refractivity contribution >= 4 is 15.9 Å². The highest BCUT2D eigenvalue weighted by Gasteiger charge is 2.40. The molecule has 2 rings (SSSR count). The van der Waals surface area contributed by atoms with E-state index in [0.29, 0.717) is 6.04 Å². The van der Waals surface area contributed by atoms with Crippen LogP contribution in [0.5, 0.6) is 0 Å². The summed E-state index contributed by atoms with van der Waals surface area (Å²) < 4.78 is 12.3. The van der Waals surface area contributed by atoms with Gasteiger partial charge in [-0.3, -0.25) is 0 Å². The number of nitrogens with one attached hydrogen (secondary N) is 1. The summed E-state index contributed by atoms with van der Waals surface area (Å²) in [5.41, 5.74) is 0.00353. The first-order valence-corrected chi connectivity index (χ1v) is 6.28. The maximum absolute atomic E-state index is 5.86. The molecule has 0 aliphatic carbocycles. The Labute approximate surface area is 99.3 Å². The molecule has 2 fully saturated rings. The van der Waals surface area contributed by atoms with E-state index in [4.69, 9.17) is 9.47 Å². The highest BCUT2D eigenvalue weighted by atomic mass is 79.9. The molecule has 2 heterocycles. The van der Waals surface area contributed by atoms with Gasteiger partial charge in [0.25, 0.3) is 0 Å². The lowest BCUT2D eigenvalue weighted by Crippen LogP contribution is -2.47. The minimum absolute atomic E-state index is 0.00353. The lowest BCUT2D eigenvalue weighted by molar-refractivity contribution is -0.0889. The third-order valence-electron chi connectivity index (χ3n) is 3.14. The fourth-order valence-electron chi connectivity index (χ4n) is 2.32. The molecule has 4 heteroatoms. The summed E-state index contributed by atoms with van der Waals surface area (Å²) in [5.74, 6) is 0. The van der Waals surface area contributed by atoms with E-state index in [-0.39, 0.29) is 5.60 Å². The second-order valence-electron chi connectivity index (χ2n) is 4.42. The van der Waals surface area contributed by atoms with Crippen molar-refractivity contribution in [3.63, 3.8) is 0 Å². The lowest BCUT2D eigenvalue weighted by Gasteiger charge is -2.37. The molecule has 2 saturated heterocycles. The van der Waals surface area contributed by atoms with Crippen molar-refractivity contribution in [3.8, 4) is 0 Å². The number of halogens is 1. The van der Waals surface area contributed by atoms with Crippen molar-refractivity contribution in [2.24, 2.45) is 0 Å². The number of rotatable bonds is 3. The largest absolute Gasteiger partial charge is 0.378 e. The number of hydrogen-bond acceptors (Lipinski definition) is 3. The van der Waals surface area contributed by atoms with E-state index >= 15 is 0 Å². The first-order chi connectivity index (χ1) is 7.20. The van der Waals surface area contributed by atoms with Gasteiger partial charge in [-0.05, 0) is 12.8 Å². The smallest absolute Gasteiger partial charge is 0.0951 e. The second-order valence-corrected chi connectivity index (χ2v) is 5.54. The van der Waals surface area contributed by atoms with Gasteiger partial charge in [-0.2, -0.15) is 0 Å². The molecule has 0 aromatic heterocycles. The van der Waals surface area contributed by atoms with Crippen LogP contribution in [0.25, 0.3) is 0 Å². The maximum Gasteiger partial charge on any atom is 0.0951 e. The van der Waals surface area contributed by atoms with Gasteiger partial charge in [0.1, 0.15) is 0 Å². The SMILES string of the molecule is C=C(Br)CNC1CCOC2(CCOC2)C1. The maximum atomic E-state index is 5.86. The van der Waals surface area contributed by atoms with Gasteiger partial charge in [-0.25, -0.2) is 0 Å². The van der Waals surface area contributed by atoms with Crippen LogP contribution < -0.4 is 5.32 Å². The predicted octanol–water partition coefficient (Wildman–Crippen LogP) is 1.82. The van der Waals surface area contributed by atoms with Crippen molar-refractivity contribution in [1.82, 2.24) is 5.32 Å². The van der Waals surface area contributed by atoms with Gasteiger partial charge in [0.2, 0.25) is 0 Å². The molecule has 0 amide bonds. The van der Waals surface area contributed by atoms with Crippen molar-refractivity contribution in [3.05, 3.63) is 11.1 Å². The van der Waals surface area contributed by atoms with Crippen LogP contribution in [0.15, 0.2) is 11.1 Å². The van der Waals surface area contributed by atoms with Crippen LogP contribution >= 0.6 is 15.9 Å². The van der Waals surface area contributed by atoms with Crippen molar-refractivity contribution < 1.29 is 9.47 Å². The molecular formula is C11H18BrNO2. The first kappa shape index (κ1) is 11.6. The molecule has 2 aliphatic heterocycles. The number of ether oxygens (including phenoxy) is 2. The fourth-order valence-corrected chi connectivity index (χ4v) is 2.48. The van der Waals surface area contributed by atoms with Crippen molar-refractivity contribution in [2.75, 3.05) is 26.4 Å². The van der Waals surface area contributed by atoms with E-state index < -0.39 is 0 Å². The van der Waals surface area contributed by atoms with E-state index in [1.165, 1.54) is 0 Å². The molecule has 15 heavy (non-hydrogen) atoms. The van der Waals surface area contributed by atoms with Crippen LogP contribution in [-0.2, 0) is 9.47 Å². The van der Waals surface area contributed by atoms with Gasteiger partial charge in [-0.15, -0.1) is 0 Å². The van der Waals surface area contributed by atoms with Gasteiger partial charge < -0.3 is 14.8 Å². The quantitative estimate of drug-likeness (QED) is 0.853. The van der Waals surface area contributed by atoms with Crippen LogP contribution in [0.4, 0.5) is 0 Å². The average molecular weight is 276 g/mol. The highest BCUT2D eigenvalue weighted by Crippen LogP contribution is 2.32. The van der Waals surface area contributed by atoms with Crippen LogP contribution in [-0.4, -0.2) is 38.0 Å². The summed E-state index contributed by atoms with van der Waals surface area (Å²) in [6.45, 7) is 7.11. The Kier molecular flexibility index (Phi) is 3.83. The second kappa shape index (κ2) is 4.95. The van der Waals surface area contributed by atoms with E-state index in [9.17, 15) is 0 Å². The topological polar surface area (TPSA) is 30.5 Å². The minimum Gasteiger partial charge on any atom is -0.378 e. The monoisotopic (exact) mass is 275 g/mol. The van der Waals surface area contributed by atoms with Gasteiger partial charge in [0.05, 0.1) is 12.2 Å². The molecule has 2 aliphatic rings. The summed E-state index contributed by atoms with van der Waals surface area (Å²) in [5, 5.41) is 3.49. The third kappa shape index (κ3) is 3.03. The molecule has 86 valence electrons. The zero-order valence-corrected chi connectivity index (χ0v) is 10.5. The fraction of sp³-hybridized carbons (Fsp3) is 0.818. The Morgan fingerprint density at radius 3 is 3.07 bits per heavy atom. The Morgan fingerprint density at radius 2 is 2.40 bits per heavy atom. The first-order valence-electron chi connectivity index (χ1n) is 5.49. The molecule has 0 aromatic carbocycles. The van der Waals surface area contributed by atoms with Crippen molar-refractivity contribution in [1.29, 1.82) is 0 Å². The van der Waals surface area contributed by atoms with E-state index in [1.54, 1.807) is 0 Å². The van der Waals surface area contributed by atoms with E-state index in [1.807, 2.05) is 0 Å². The summed E-state index contributed by atoms with van der Waals surface area (Å²) >= 11 is 3.36. The predicted molar refractivity (Wildman–Crippen MR) is 63.2 cm³/mol. The Balaban J connectivity index is 1.84. The van der Waals surface area contributed by atoms with Gasteiger partial charge in [0, 0.05) is 36.7 Å². The molecule has 0 aromatic rings. The lowest BCUT2D eigenvalue weighted by atomic mass is 9.90. The zero-order valence-electron chi connectivity index (χ0n) is 8.93. The Morgan fingerprint density at radius 1 is 1.53 bits per heavy atom. The molecular weight excluding hydrogens is 258 g/mol. The molecule has 0 radical (unpaired) electrons. The Bertz CT molecular complexity index is 239. The molecule has 0 saturated carbocycles. The summed E-state index contributed by atoms with van der Waals surface area (Å²) in [6.07, 6.45) is 3.19. The summed E-state index contributed by atoms with van der Waals surface area (Å²) in [4.78, 5) is 0. The van der Waals surface area contributed by atoms with E-state index in [0.717, 1.165) is 50.1 Å². The molecule has 2 atom stereocenters. The normalized spacial score (nSPS) is 35.9. The summed E-state index contributed by atoms with van der Waals surface area (Å²) in [6, 6.07) is 0.537. The van der Waals surface area contributed by atoms with Crippen LogP contribution in [0.3, 0.4) is 0 Å². The van der Waals surface area contributed by atoms with Gasteiger partial charge in [-0.1, -0.05) is 22.5 Å². The van der Waals surface area contributed by atoms with Gasteiger partial charge >= 0.3 is 0 Å². The Hall–Kier alpha value is 0.1000. The van der Waals surface area contributed by atoms with Crippen molar-refractivity contribution in [2.45, 2.75) is 30.9 Å². The van der Waals surface area contributed by atoms with E-state index in [2.05, 4.69) is 27.8 Å². The minimum atomic E-state index is 0.00353. The zero-order chi connectivity index (χ0) is 10.7. The van der Waals surface area contributed by atoms with Crippen LogP contribution in [0.1, 0.15) is 19.3 Å². The third-order valence-corrected chi connectivity index (χ3v) is 3.42. The number of hydrogen-bond donors (Lipinski definition) is 1. The molecule has 3 nitrogen and oxygen atoms in total. The molecule has 2 unspecified atom stereocenters. The standard InChI is InChI=1S/C11H18BrNO2/c1-9(12)7-13-10-2-4-15-11(6-10)3-5-14-8-11/h10,13H,1-8H2. The summed E-state index contributed by atoms with van der Waals surface area (Å²) in [7, 11) is 0. The van der Waals surface area contributed by atoms with Crippen LogP contribution in [0.2, 0.25) is 0 Å². The van der Waals surface area contributed by atoms with Crippen LogP contribution in [0, 0.1) is 0 Å². The molecule has 1 N–H and O–H groups in total. The molecule has 1 spiro atoms. The highest BCUT2D eigenvalue weighted by molar-refractivity contribution is 9.11. The average Bonchev–Trinajstić information content (AvgIpc) is 2.63. The van der Waals surface area contributed by atoms with Gasteiger partial charge in [0.15, 0.2) is 0 Å².